The zero-order valence-electron chi connectivity index (χ0n) is 16.4. The average molecular weight is 363 g/mol. The number of aryl methyl sites for hydroxylation is 1. The smallest absolute Gasteiger partial charge is 0.221 e. The van der Waals surface area contributed by atoms with Crippen molar-refractivity contribution in [3.05, 3.63) is 24.0 Å². The Morgan fingerprint density at radius 3 is 2.96 bits per heavy atom. The number of aliphatic imine (C=N–C) groups is 1. The summed E-state index contributed by atoms with van der Waals surface area (Å²) in [4.78, 5) is 20.6. The lowest BCUT2D eigenvalue weighted by atomic mass is 9.97. The Labute approximate surface area is 157 Å². The van der Waals surface area contributed by atoms with Crippen LogP contribution < -0.4 is 11.1 Å². The number of primary amides is 1. The highest BCUT2D eigenvalue weighted by molar-refractivity contribution is 5.79. The van der Waals surface area contributed by atoms with E-state index in [4.69, 9.17) is 10.7 Å². The normalized spacial score (nSPS) is 18.7. The van der Waals surface area contributed by atoms with Gasteiger partial charge in [-0.05, 0) is 51.4 Å². The predicted molar refractivity (Wildman–Crippen MR) is 106 cm³/mol. The number of rotatable bonds is 8. The number of hydrogen-bond donors (Lipinski definition) is 2. The molecule has 0 spiro atoms. The first-order valence-corrected chi connectivity index (χ1v) is 9.62. The van der Waals surface area contributed by atoms with E-state index in [9.17, 15) is 4.79 Å². The van der Waals surface area contributed by atoms with Crippen molar-refractivity contribution < 1.29 is 4.79 Å². The van der Waals surface area contributed by atoms with E-state index in [2.05, 4.69) is 59.0 Å². The number of nitrogens with two attached hydrogens (primary N) is 1. The molecule has 0 aromatic carbocycles. The van der Waals surface area contributed by atoms with Gasteiger partial charge in [0.1, 0.15) is 0 Å². The second-order valence-corrected chi connectivity index (χ2v) is 7.10. The van der Waals surface area contributed by atoms with E-state index in [-0.39, 0.29) is 11.8 Å². The molecule has 7 heteroatoms. The maximum Gasteiger partial charge on any atom is 0.221 e. The molecule has 1 atom stereocenters. The number of nitrogens with zero attached hydrogens (tertiary/aromatic N) is 4. The highest BCUT2D eigenvalue weighted by Crippen LogP contribution is 2.16. The zero-order chi connectivity index (χ0) is 18.9. The van der Waals surface area contributed by atoms with E-state index in [1.165, 1.54) is 5.69 Å². The number of carbonyl (C=O) groups is 1. The molecule has 0 radical (unpaired) electrons. The summed E-state index contributed by atoms with van der Waals surface area (Å²) in [6, 6.07) is 4.19. The number of amides is 1. The van der Waals surface area contributed by atoms with Gasteiger partial charge in [-0.3, -0.25) is 9.79 Å². The van der Waals surface area contributed by atoms with Gasteiger partial charge in [0, 0.05) is 45.6 Å². The van der Waals surface area contributed by atoms with Crippen molar-refractivity contribution in [2.24, 2.45) is 23.7 Å². The van der Waals surface area contributed by atoms with Gasteiger partial charge >= 0.3 is 0 Å². The van der Waals surface area contributed by atoms with Crippen LogP contribution in [0, 0.1) is 5.92 Å². The molecule has 1 unspecified atom stereocenters. The van der Waals surface area contributed by atoms with Crippen LogP contribution in [0.1, 0.15) is 31.9 Å². The number of guanidine groups is 1. The third-order valence-electron chi connectivity index (χ3n) is 4.95. The molecular formula is C19H34N6O. The van der Waals surface area contributed by atoms with Crippen LogP contribution in [0.15, 0.2) is 23.3 Å². The van der Waals surface area contributed by atoms with Crippen molar-refractivity contribution in [1.29, 1.82) is 0 Å². The number of hydrogen-bond acceptors (Lipinski definition) is 3. The summed E-state index contributed by atoms with van der Waals surface area (Å²) in [5.74, 6) is 0.785. The topological polar surface area (TPSA) is 78.9 Å². The number of likely N-dealkylation sites (tertiary alicyclic amines) is 1. The van der Waals surface area contributed by atoms with E-state index >= 15 is 0 Å². The fourth-order valence-electron chi connectivity index (χ4n) is 3.42. The molecule has 3 N–H and O–H groups in total. The molecule has 1 fully saturated rings. The van der Waals surface area contributed by atoms with Gasteiger partial charge in [0.2, 0.25) is 5.91 Å². The van der Waals surface area contributed by atoms with E-state index < -0.39 is 0 Å². The Morgan fingerprint density at radius 1 is 1.50 bits per heavy atom. The van der Waals surface area contributed by atoms with Crippen LogP contribution in [0.5, 0.6) is 0 Å². The summed E-state index contributed by atoms with van der Waals surface area (Å²) in [7, 11) is 4.13. The Morgan fingerprint density at radius 2 is 2.31 bits per heavy atom. The maximum atomic E-state index is 11.4. The molecule has 0 aliphatic carbocycles. The molecule has 1 aromatic heterocycles. The van der Waals surface area contributed by atoms with Gasteiger partial charge in [0.15, 0.2) is 5.96 Å². The Hall–Kier alpha value is -2.02. The highest BCUT2D eigenvalue weighted by Gasteiger charge is 2.23. The number of piperidine rings is 1. The van der Waals surface area contributed by atoms with Crippen molar-refractivity contribution in [1.82, 2.24) is 19.7 Å². The standard InChI is InChI=1S/C19H34N6O/c1-4-21-19(24(3)15-17-9-6-11-23(17)2)22-10-7-13-25-12-5-8-16(14-25)18(20)26/h6,9,11,16H,4-5,7-8,10,12-15H2,1-3H3,(H2,20,26)(H,21,22). The molecular weight excluding hydrogens is 328 g/mol. The first kappa shape index (κ1) is 20.3. The average Bonchev–Trinajstić information content (AvgIpc) is 3.02. The van der Waals surface area contributed by atoms with Crippen molar-refractivity contribution in [3.63, 3.8) is 0 Å². The van der Waals surface area contributed by atoms with Gasteiger partial charge in [-0.1, -0.05) is 0 Å². The third kappa shape index (κ3) is 6.05. The summed E-state index contributed by atoms with van der Waals surface area (Å²) in [5.41, 5.74) is 6.71. The molecule has 0 saturated carbocycles. The van der Waals surface area contributed by atoms with Crippen molar-refractivity contribution in [3.8, 4) is 0 Å². The second-order valence-electron chi connectivity index (χ2n) is 7.10. The highest BCUT2D eigenvalue weighted by atomic mass is 16.1. The van der Waals surface area contributed by atoms with Crippen molar-refractivity contribution >= 4 is 11.9 Å². The van der Waals surface area contributed by atoms with Crippen LogP contribution in [0.2, 0.25) is 0 Å². The number of nitrogens with one attached hydrogen (secondary N) is 1. The monoisotopic (exact) mass is 362 g/mol. The van der Waals surface area contributed by atoms with E-state index in [0.29, 0.717) is 0 Å². The van der Waals surface area contributed by atoms with Crippen LogP contribution in [0.3, 0.4) is 0 Å². The Bertz CT molecular complexity index is 597. The molecule has 26 heavy (non-hydrogen) atoms. The van der Waals surface area contributed by atoms with Crippen LogP contribution >= 0.6 is 0 Å². The summed E-state index contributed by atoms with van der Waals surface area (Å²) in [5, 5.41) is 3.37. The fraction of sp³-hybridized carbons (Fsp3) is 0.684. The molecule has 146 valence electrons. The van der Waals surface area contributed by atoms with Crippen molar-refractivity contribution in [2.45, 2.75) is 32.7 Å². The molecule has 2 heterocycles. The lowest BCUT2D eigenvalue weighted by molar-refractivity contribution is -0.123. The molecule has 0 bridgehead atoms. The summed E-state index contributed by atoms with van der Waals surface area (Å²) < 4.78 is 2.13. The zero-order valence-corrected chi connectivity index (χ0v) is 16.4. The molecule has 1 aliphatic heterocycles. The first-order chi connectivity index (χ1) is 12.5. The molecule has 1 aliphatic rings. The molecule has 7 nitrogen and oxygen atoms in total. The van der Waals surface area contributed by atoms with E-state index in [0.717, 1.165) is 64.5 Å². The van der Waals surface area contributed by atoms with Gasteiger partial charge in [-0.2, -0.15) is 0 Å². The largest absolute Gasteiger partial charge is 0.369 e. The molecule has 1 amide bonds. The molecule has 1 saturated heterocycles. The van der Waals surface area contributed by atoms with E-state index in [1.807, 2.05) is 0 Å². The Balaban J connectivity index is 1.81. The summed E-state index contributed by atoms with van der Waals surface area (Å²) in [6.07, 6.45) is 5.03. The van der Waals surface area contributed by atoms with Crippen LogP contribution in [0.4, 0.5) is 0 Å². The number of aromatic nitrogens is 1. The minimum absolute atomic E-state index is 0.0148. The summed E-state index contributed by atoms with van der Waals surface area (Å²) >= 11 is 0. The first-order valence-electron chi connectivity index (χ1n) is 9.62. The lowest BCUT2D eigenvalue weighted by Gasteiger charge is -2.30. The maximum absolute atomic E-state index is 11.4. The second kappa shape index (κ2) is 10.2. The van der Waals surface area contributed by atoms with Crippen LogP contribution in [-0.4, -0.2) is 66.0 Å². The van der Waals surface area contributed by atoms with Gasteiger partial charge in [0.25, 0.3) is 0 Å². The minimum atomic E-state index is -0.163. The quantitative estimate of drug-likeness (QED) is 0.411. The van der Waals surface area contributed by atoms with Gasteiger partial charge in [-0.15, -0.1) is 0 Å². The van der Waals surface area contributed by atoms with E-state index in [1.54, 1.807) is 0 Å². The Kier molecular flexibility index (Phi) is 7.97. The predicted octanol–water partition coefficient (Wildman–Crippen LogP) is 1.01. The third-order valence-corrected chi connectivity index (χ3v) is 4.95. The van der Waals surface area contributed by atoms with Gasteiger partial charge in [0.05, 0.1) is 12.5 Å². The lowest BCUT2D eigenvalue weighted by Crippen LogP contribution is -2.41. The van der Waals surface area contributed by atoms with Crippen LogP contribution in [-0.2, 0) is 18.4 Å². The molecule has 1 aromatic rings. The van der Waals surface area contributed by atoms with Crippen LogP contribution in [0.25, 0.3) is 0 Å². The molecule has 2 rings (SSSR count). The summed E-state index contributed by atoms with van der Waals surface area (Å²) in [6.45, 7) is 7.35. The SMILES string of the molecule is CCNC(=NCCCN1CCCC(C(N)=O)C1)N(C)Cc1cccn1C. The van der Waals surface area contributed by atoms with Crippen molar-refractivity contribution in [2.75, 3.05) is 39.8 Å². The van der Waals surface area contributed by atoms with Gasteiger partial charge < -0.3 is 25.4 Å². The minimum Gasteiger partial charge on any atom is -0.369 e. The number of carbonyl (C=O) groups excluding carboxylic acids is 1. The van der Waals surface area contributed by atoms with Gasteiger partial charge in [-0.25, -0.2) is 0 Å². The fourth-order valence-corrected chi connectivity index (χ4v) is 3.42.